The molecule has 0 radical (unpaired) electrons. The molecule has 0 fully saturated rings. The zero-order chi connectivity index (χ0) is 15.4. The third-order valence-electron chi connectivity index (χ3n) is 2.94. The van der Waals surface area contributed by atoms with Crippen molar-refractivity contribution in [1.29, 1.82) is 0 Å². The summed E-state index contributed by atoms with van der Waals surface area (Å²) >= 11 is 0. The third kappa shape index (κ3) is 3.44. The highest BCUT2D eigenvalue weighted by atomic mass is 16.5. The van der Waals surface area contributed by atoms with Crippen LogP contribution in [0.3, 0.4) is 0 Å². The van der Waals surface area contributed by atoms with Crippen LogP contribution in [0.1, 0.15) is 51.8 Å². The number of nitrogens with zero attached hydrogens (tertiary/aromatic N) is 2. The first kappa shape index (κ1) is 14.7. The van der Waals surface area contributed by atoms with E-state index >= 15 is 0 Å². The molecule has 0 saturated carbocycles. The Balaban J connectivity index is 2.16. The van der Waals surface area contributed by atoms with Crippen molar-refractivity contribution in [2.24, 2.45) is 0 Å². The van der Waals surface area contributed by atoms with Crippen LogP contribution < -0.4 is 5.32 Å². The van der Waals surface area contributed by atoms with Gasteiger partial charge >= 0.3 is 5.97 Å². The first-order chi connectivity index (χ1) is 10.0. The van der Waals surface area contributed by atoms with Crippen LogP contribution in [-0.2, 0) is 0 Å². The lowest BCUT2D eigenvalue weighted by molar-refractivity contribution is 0.0697. The van der Waals surface area contributed by atoms with Gasteiger partial charge in [0.25, 0.3) is 5.91 Å². The molecule has 0 bridgehead atoms. The van der Waals surface area contributed by atoms with Crippen LogP contribution >= 0.6 is 0 Å². The molecule has 1 unspecified atom stereocenters. The highest BCUT2D eigenvalue weighted by Crippen LogP contribution is 2.14. The summed E-state index contributed by atoms with van der Waals surface area (Å²) in [6.07, 6.45) is 0.587. The van der Waals surface area contributed by atoms with Gasteiger partial charge in [-0.05, 0) is 24.6 Å². The topological polar surface area (TPSA) is 105 Å². The maximum atomic E-state index is 12.2. The van der Waals surface area contributed by atoms with Crippen molar-refractivity contribution in [3.63, 3.8) is 0 Å². The molecule has 1 aromatic heterocycles. The number of benzene rings is 1. The van der Waals surface area contributed by atoms with E-state index in [1.54, 1.807) is 13.0 Å². The molecule has 1 atom stereocenters. The van der Waals surface area contributed by atoms with E-state index in [4.69, 9.17) is 9.63 Å². The van der Waals surface area contributed by atoms with Crippen molar-refractivity contribution < 1.29 is 19.2 Å². The number of hydrogen-bond acceptors (Lipinski definition) is 5. The molecule has 0 aliphatic rings. The largest absolute Gasteiger partial charge is 0.478 e. The lowest BCUT2D eigenvalue weighted by atomic mass is 10.1. The van der Waals surface area contributed by atoms with Crippen molar-refractivity contribution in [3.8, 4) is 0 Å². The third-order valence-corrected chi connectivity index (χ3v) is 2.94. The van der Waals surface area contributed by atoms with Crippen LogP contribution in [-0.4, -0.2) is 27.1 Å². The molecule has 2 aromatic rings. The first-order valence-corrected chi connectivity index (χ1v) is 6.45. The van der Waals surface area contributed by atoms with Gasteiger partial charge in [-0.15, -0.1) is 0 Å². The summed E-state index contributed by atoms with van der Waals surface area (Å²) in [5, 5.41) is 15.5. The normalized spacial score (nSPS) is 11.9. The van der Waals surface area contributed by atoms with Gasteiger partial charge in [0, 0.05) is 12.5 Å². The molecule has 2 rings (SSSR count). The average molecular weight is 289 g/mol. The van der Waals surface area contributed by atoms with E-state index in [0.29, 0.717) is 18.1 Å². The zero-order valence-electron chi connectivity index (χ0n) is 11.7. The minimum absolute atomic E-state index is 0.0612. The minimum atomic E-state index is -1.08. The fraction of sp³-hybridized carbons (Fsp3) is 0.286. The quantitative estimate of drug-likeness (QED) is 0.871. The number of nitrogens with one attached hydrogen (secondary N) is 1. The second-order valence-electron chi connectivity index (χ2n) is 4.49. The number of carbonyl (C=O) groups is 2. The molecule has 0 saturated heterocycles. The van der Waals surface area contributed by atoms with Gasteiger partial charge < -0.3 is 14.9 Å². The average Bonchev–Trinajstić information content (AvgIpc) is 2.91. The van der Waals surface area contributed by atoms with E-state index in [-0.39, 0.29) is 23.1 Å². The number of hydrogen-bond donors (Lipinski definition) is 2. The predicted molar refractivity (Wildman–Crippen MR) is 72.9 cm³/mol. The molecule has 21 heavy (non-hydrogen) atoms. The number of aromatic nitrogens is 2. The second kappa shape index (κ2) is 6.17. The van der Waals surface area contributed by atoms with Crippen LogP contribution in [0.25, 0.3) is 0 Å². The molecule has 1 amide bonds. The smallest absolute Gasteiger partial charge is 0.335 e. The van der Waals surface area contributed by atoms with Crippen LogP contribution in [0, 0.1) is 6.92 Å². The molecule has 1 aromatic carbocycles. The Bertz CT molecular complexity index is 666. The molecule has 110 valence electrons. The predicted octanol–water partition coefficient (Wildman–Crippen LogP) is 1.96. The molecule has 7 nitrogen and oxygen atoms in total. The van der Waals surface area contributed by atoms with Gasteiger partial charge in [0.2, 0.25) is 5.89 Å². The summed E-state index contributed by atoms with van der Waals surface area (Å²) in [5.41, 5.74) is 0.333. The molecule has 1 heterocycles. The summed E-state index contributed by atoms with van der Waals surface area (Å²) in [6, 6.07) is 5.45. The molecule has 0 aliphatic carbocycles. The molecular formula is C14H15N3O4. The van der Waals surface area contributed by atoms with Crippen molar-refractivity contribution in [3.05, 3.63) is 47.1 Å². The van der Waals surface area contributed by atoms with Crippen LogP contribution in [0.15, 0.2) is 28.8 Å². The number of aryl methyl sites for hydroxylation is 1. The zero-order valence-corrected chi connectivity index (χ0v) is 11.7. The minimum Gasteiger partial charge on any atom is -0.478 e. The van der Waals surface area contributed by atoms with Gasteiger partial charge in [0.15, 0.2) is 5.82 Å². The van der Waals surface area contributed by atoms with Crippen LogP contribution in [0.5, 0.6) is 0 Å². The van der Waals surface area contributed by atoms with Gasteiger partial charge in [0.05, 0.1) is 11.6 Å². The van der Waals surface area contributed by atoms with Gasteiger partial charge in [0.1, 0.15) is 0 Å². The van der Waals surface area contributed by atoms with Crippen LogP contribution in [0.4, 0.5) is 0 Å². The maximum absolute atomic E-state index is 12.2. The fourth-order valence-electron chi connectivity index (χ4n) is 1.84. The summed E-state index contributed by atoms with van der Waals surface area (Å²) < 4.78 is 4.90. The Labute approximate surface area is 121 Å². The molecule has 2 N–H and O–H groups in total. The number of carboxylic acid groups (broad SMARTS) is 1. The summed E-state index contributed by atoms with van der Waals surface area (Å²) in [5.74, 6) is -0.638. The number of carboxylic acids is 1. The van der Waals surface area contributed by atoms with Crippen molar-refractivity contribution >= 4 is 11.9 Å². The second-order valence-corrected chi connectivity index (χ2v) is 4.49. The fourth-order valence-corrected chi connectivity index (χ4v) is 1.84. The van der Waals surface area contributed by atoms with E-state index in [2.05, 4.69) is 15.5 Å². The van der Waals surface area contributed by atoms with Crippen molar-refractivity contribution in [2.75, 3.05) is 0 Å². The van der Waals surface area contributed by atoms with E-state index in [0.717, 1.165) is 0 Å². The first-order valence-electron chi connectivity index (χ1n) is 6.45. The number of carbonyl (C=O) groups excluding carboxylic acids is 1. The van der Waals surface area contributed by atoms with Gasteiger partial charge in [-0.25, -0.2) is 4.79 Å². The Morgan fingerprint density at radius 3 is 2.67 bits per heavy atom. The monoisotopic (exact) mass is 289 g/mol. The van der Waals surface area contributed by atoms with Crippen LogP contribution in [0.2, 0.25) is 0 Å². The summed E-state index contributed by atoms with van der Waals surface area (Å²) in [7, 11) is 0. The molecule has 0 aliphatic heterocycles. The van der Waals surface area contributed by atoms with E-state index in [1.807, 2.05) is 6.92 Å². The Hall–Kier alpha value is -2.70. The maximum Gasteiger partial charge on any atom is 0.335 e. The van der Waals surface area contributed by atoms with E-state index in [1.165, 1.54) is 18.2 Å². The number of aromatic carboxylic acids is 1. The standard InChI is InChI=1S/C14H15N3O4/c1-3-11(12-15-8(2)21-17-12)16-13(18)9-5-4-6-10(7-9)14(19)20/h4-7,11H,3H2,1-2H3,(H,16,18)(H,19,20). The van der Waals surface area contributed by atoms with E-state index < -0.39 is 5.97 Å². The van der Waals surface area contributed by atoms with Crippen molar-refractivity contribution in [2.45, 2.75) is 26.3 Å². The summed E-state index contributed by atoms with van der Waals surface area (Å²) in [4.78, 5) is 27.2. The number of amides is 1. The van der Waals surface area contributed by atoms with Gasteiger partial charge in [-0.1, -0.05) is 18.1 Å². The Kier molecular flexibility index (Phi) is 4.32. The molecular weight excluding hydrogens is 274 g/mol. The number of rotatable bonds is 5. The van der Waals surface area contributed by atoms with Gasteiger partial charge in [-0.2, -0.15) is 4.98 Å². The van der Waals surface area contributed by atoms with Crippen molar-refractivity contribution in [1.82, 2.24) is 15.5 Å². The highest BCUT2D eigenvalue weighted by molar-refractivity contribution is 5.97. The van der Waals surface area contributed by atoms with E-state index in [9.17, 15) is 9.59 Å². The van der Waals surface area contributed by atoms with Gasteiger partial charge in [-0.3, -0.25) is 4.79 Å². The summed E-state index contributed by atoms with van der Waals surface area (Å²) in [6.45, 7) is 3.55. The Morgan fingerprint density at radius 1 is 1.38 bits per heavy atom. The Morgan fingerprint density at radius 2 is 2.10 bits per heavy atom. The SMILES string of the molecule is CCC(NC(=O)c1cccc(C(=O)O)c1)c1noc(C)n1. The lowest BCUT2D eigenvalue weighted by Crippen LogP contribution is -2.29. The molecule has 7 heteroatoms. The highest BCUT2D eigenvalue weighted by Gasteiger charge is 2.19. The molecule has 0 spiro atoms. The lowest BCUT2D eigenvalue weighted by Gasteiger charge is -2.13.